The standard InChI is InChI=1S/C24H29F2N7O2/c1-14(34)28-16-3-5-18(6-4-16)33-22-21(13-27-23(32-22)29-17-8-10-35-11-9-17)31-24(33)30-20-7-2-15(25)12-19(20)26/h2,7,12-13,16-18H,3-6,8-11H2,1H3,(H,28,34)(H,30,31)(H,27,29,32)/t16-,18-. The Kier molecular flexibility index (Phi) is 6.76. The molecule has 35 heavy (non-hydrogen) atoms. The third-order valence-electron chi connectivity index (χ3n) is 6.63. The molecule has 3 heterocycles. The second-order valence-corrected chi connectivity index (χ2v) is 9.19. The number of ether oxygens (including phenoxy) is 1. The van der Waals surface area contributed by atoms with Gasteiger partial charge in [0.05, 0.1) is 11.9 Å². The summed E-state index contributed by atoms with van der Waals surface area (Å²) in [7, 11) is 0. The Labute approximate surface area is 201 Å². The summed E-state index contributed by atoms with van der Waals surface area (Å²) in [5.41, 5.74) is 1.35. The molecular formula is C24H29F2N7O2. The zero-order chi connectivity index (χ0) is 24.4. The molecule has 0 spiro atoms. The minimum Gasteiger partial charge on any atom is -0.381 e. The summed E-state index contributed by atoms with van der Waals surface area (Å²) in [6, 6.07) is 3.80. The SMILES string of the molecule is CC(=O)N[C@H]1CC[C@H](n2c(Nc3ccc(F)cc3F)nc3cnc(NC4CCOCC4)nc32)CC1. The van der Waals surface area contributed by atoms with Crippen LogP contribution in [-0.2, 0) is 9.53 Å². The highest BCUT2D eigenvalue weighted by atomic mass is 19.1. The van der Waals surface area contributed by atoms with E-state index in [-0.39, 0.29) is 29.7 Å². The largest absolute Gasteiger partial charge is 0.381 e. The molecular weight excluding hydrogens is 456 g/mol. The van der Waals surface area contributed by atoms with Crippen molar-refractivity contribution in [2.75, 3.05) is 23.8 Å². The van der Waals surface area contributed by atoms with Crippen molar-refractivity contribution in [1.29, 1.82) is 0 Å². The van der Waals surface area contributed by atoms with E-state index in [2.05, 4.69) is 25.9 Å². The van der Waals surface area contributed by atoms with Crippen LogP contribution in [0.3, 0.4) is 0 Å². The summed E-state index contributed by atoms with van der Waals surface area (Å²) in [4.78, 5) is 25.4. The zero-order valence-corrected chi connectivity index (χ0v) is 19.6. The van der Waals surface area contributed by atoms with Crippen LogP contribution in [-0.4, -0.2) is 50.7 Å². The molecule has 3 N–H and O–H groups in total. The van der Waals surface area contributed by atoms with Gasteiger partial charge in [-0.3, -0.25) is 9.36 Å². The van der Waals surface area contributed by atoms with E-state index in [0.29, 0.717) is 36.3 Å². The summed E-state index contributed by atoms with van der Waals surface area (Å²) in [6.45, 7) is 2.93. The Morgan fingerprint density at radius 2 is 1.83 bits per heavy atom. The van der Waals surface area contributed by atoms with Gasteiger partial charge in [-0.05, 0) is 50.7 Å². The Hall–Kier alpha value is -3.34. The Morgan fingerprint density at radius 3 is 2.54 bits per heavy atom. The number of hydrogen-bond acceptors (Lipinski definition) is 7. The van der Waals surface area contributed by atoms with Gasteiger partial charge in [0.15, 0.2) is 5.65 Å². The zero-order valence-electron chi connectivity index (χ0n) is 19.6. The van der Waals surface area contributed by atoms with Crippen LogP contribution in [0.1, 0.15) is 51.5 Å². The van der Waals surface area contributed by atoms with Crippen LogP contribution in [0.5, 0.6) is 0 Å². The van der Waals surface area contributed by atoms with Gasteiger partial charge in [0.25, 0.3) is 0 Å². The van der Waals surface area contributed by atoms with E-state index in [1.165, 1.54) is 19.1 Å². The predicted octanol–water partition coefficient (Wildman–Crippen LogP) is 4.06. The number of imidazole rings is 1. The topological polar surface area (TPSA) is 106 Å². The number of carbonyl (C=O) groups is 1. The van der Waals surface area contributed by atoms with Crippen molar-refractivity contribution >= 4 is 34.7 Å². The number of nitrogens with one attached hydrogen (secondary N) is 3. The molecule has 0 bridgehead atoms. The number of anilines is 3. The van der Waals surface area contributed by atoms with Crippen LogP contribution in [0.4, 0.5) is 26.4 Å². The number of nitrogens with zero attached hydrogens (tertiary/aromatic N) is 4. The fourth-order valence-corrected chi connectivity index (χ4v) is 4.90. The molecule has 3 aromatic rings. The van der Waals surface area contributed by atoms with Gasteiger partial charge in [0.1, 0.15) is 17.2 Å². The summed E-state index contributed by atoms with van der Waals surface area (Å²) in [6.07, 6.45) is 6.64. The summed E-state index contributed by atoms with van der Waals surface area (Å²) in [5, 5.41) is 9.42. The number of rotatable bonds is 6. The van der Waals surface area contributed by atoms with Gasteiger partial charge >= 0.3 is 0 Å². The maximum atomic E-state index is 14.4. The third-order valence-corrected chi connectivity index (χ3v) is 6.63. The van der Waals surface area contributed by atoms with Crippen LogP contribution in [0, 0.1) is 11.6 Å². The highest BCUT2D eigenvalue weighted by Gasteiger charge is 2.28. The molecule has 2 aromatic heterocycles. The lowest BCUT2D eigenvalue weighted by atomic mass is 9.91. The van der Waals surface area contributed by atoms with Crippen LogP contribution in [0.2, 0.25) is 0 Å². The quantitative estimate of drug-likeness (QED) is 0.484. The lowest BCUT2D eigenvalue weighted by Gasteiger charge is -2.30. The number of amides is 1. The van der Waals surface area contributed by atoms with E-state index in [4.69, 9.17) is 9.72 Å². The molecule has 5 rings (SSSR count). The number of aromatic nitrogens is 4. The lowest BCUT2D eigenvalue weighted by molar-refractivity contribution is -0.119. The van der Waals surface area contributed by atoms with Crippen LogP contribution >= 0.6 is 0 Å². The van der Waals surface area contributed by atoms with Crippen molar-refractivity contribution in [2.24, 2.45) is 0 Å². The first-order valence-electron chi connectivity index (χ1n) is 12.0. The normalized spacial score (nSPS) is 21.1. The van der Waals surface area contributed by atoms with E-state index in [1.807, 2.05) is 4.57 Å². The molecule has 11 heteroatoms. The molecule has 186 valence electrons. The fraction of sp³-hybridized carbons (Fsp3) is 0.500. The number of benzene rings is 1. The lowest BCUT2D eigenvalue weighted by Crippen LogP contribution is -2.36. The monoisotopic (exact) mass is 485 g/mol. The van der Waals surface area contributed by atoms with Gasteiger partial charge in [0, 0.05) is 44.3 Å². The van der Waals surface area contributed by atoms with Crippen molar-refractivity contribution in [3.8, 4) is 0 Å². The summed E-state index contributed by atoms with van der Waals surface area (Å²) >= 11 is 0. The first-order valence-corrected chi connectivity index (χ1v) is 12.0. The molecule has 1 saturated carbocycles. The van der Waals surface area contributed by atoms with Crippen LogP contribution < -0.4 is 16.0 Å². The highest BCUT2D eigenvalue weighted by Crippen LogP contribution is 2.35. The molecule has 1 aliphatic heterocycles. The first-order chi connectivity index (χ1) is 17.0. The number of halogens is 2. The molecule has 0 radical (unpaired) electrons. The van der Waals surface area contributed by atoms with E-state index < -0.39 is 11.6 Å². The van der Waals surface area contributed by atoms with E-state index in [1.54, 1.807) is 6.20 Å². The summed E-state index contributed by atoms with van der Waals surface area (Å²) in [5.74, 6) is -0.450. The minimum absolute atomic E-state index is 0.0350. The van der Waals surface area contributed by atoms with Crippen molar-refractivity contribution in [3.05, 3.63) is 36.0 Å². The molecule has 2 fully saturated rings. The van der Waals surface area contributed by atoms with Crippen LogP contribution in [0.25, 0.3) is 11.2 Å². The third kappa shape index (κ3) is 5.34. The first kappa shape index (κ1) is 23.4. The highest BCUT2D eigenvalue weighted by molar-refractivity contribution is 5.77. The molecule has 9 nitrogen and oxygen atoms in total. The molecule has 1 amide bonds. The van der Waals surface area contributed by atoms with Crippen LogP contribution in [0.15, 0.2) is 24.4 Å². The van der Waals surface area contributed by atoms with Crippen molar-refractivity contribution in [1.82, 2.24) is 24.8 Å². The number of carbonyl (C=O) groups excluding carboxylic acids is 1. The molecule has 1 aromatic carbocycles. The second kappa shape index (κ2) is 10.1. The average molecular weight is 486 g/mol. The van der Waals surface area contributed by atoms with Gasteiger partial charge in [-0.2, -0.15) is 4.98 Å². The molecule has 0 atom stereocenters. The Balaban J connectivity index is 1.47. The molecule has 2 aliphatic rings. The van der Waals surface area contributed by atoms with Gasteiger partial charge in [-0.1, -0.05) is 0 Å². The number of hydrogen-bond donors (Lipinski definition) is 3. The Bertz CT molecular complexity index is 1200. The van der Waals surface area contributed by atoms with Gasteiger partial charge in [-0.15, -0.1) is 0 Å². The average Bonchev–Trinajstić information content (AvgIpc) is 3.19. The predicted molar refractivity (Wildman–Crippen MR) is 128 cm³/mol. The smallest absolute Gasteiger partial charge is 0.224 e. The molecule has 1 saturated heterocycles. The van der Waals surface area contributed by atoms with Crippen molar-refractivity contribution < 1.29 is 18.3 Å². The van der Waals surface area contributed by atoms with E-state index >= 15 is 0 Å². The summed E-state index contributed by atoms with van der Waals surface area (Å²) < 4.78 is 35.3. The van der Waals surface area contributed by atoms with E-state index in [0.717, 1.165) is 44.6 Å². The minimum atomic E-state index is -0.703. The van der Waals surface area contributed by atoms with Crippen molar-refractivity contribution in [2.45, 2.75) is 63.6 Å². The maximum absolute atomic E-state index is 14.4. The van der Waals surface area contributed by atoms with Gasteiger partial charge < -0.3 is 20.7 Å². The van der Waals surface area contributed by atoms with Crippen molar-refractivity contribution in [3.63, 3.8) is 0 Å². The van der Waals surface area contributed by atoms with Gasteiger partial charge in [0.2, 0.25) is 17.8 Å². The Morgan fingerprint density at radius 1 is 1.06 bits per heavy atom. The number of fused-ring (bicyclic) bond motifs is 1. The maximum Gasteiger partial charge on any atom is 0.224 e. The second-order valence-electron chi connectivity index (χ2n) is 9.19. The van der Waals surface area contributed by atoms with E-state index in [9.17, 15) is 13.6 Å². The fourth-order valence-electron chi connectivity index (χ4n) is 4.90. The van der Waals surface area contributed by atoms with Gasteiger partial charge in [-0.25, -0.2) is 18.7 Å². The molecule has 1 aliphatic carbocycles. The molecule has 0 unspecified atom stereocenters.